The van der Waals surface area contributed by atoms with E-state index in [1.165, 1.54) is 0 Å². The molecule has 0 spiro atoms. The van der Waals surface area contributed by atoms with Gasteiger partial charge in [0.2, 0.25) is 0 Å². The van der Waals surface area contributed by atoms with Gasteiger partial charge in [0.25, 0.3) is 0 Å². The van der Waals surface area contributed by atoms with Gasteiger partial charge in [-0.2, -0.15) is 0 Å². The first kappa shape index (κ1) is 14.8. The van der Waals surface area contributed by atoms with Crippen LogP contribution in [0.25, 0.3) is 0 Å². The van der Waals surface area contributed by atoms with E-state index in [2.05, 4.69) is 26.6 Å². The molecule has 0 fully saturated rings. The van der Waals surface area contributed by atoms with E-state index >= 15 is 0 Å². The Labute approximate surface area is 116 Å². The summed E-state index contributed by atoms with van der Waals surface area (Å²) in [5.41, 5.74) is 0.545. The number of anilines is 1. The fraction of sp³-hybridized carbons (Fsp3) is 0.462. The van der Waals surface area contributed by atoms with Crippen molar-refractivity contribution in [1.29, 1.82) is 0 Å². The molecule has 18 heavy (non-hydrogen) atoms. The predicted octanol–water partition coefficient (Wildman–Crippen LogP) is 3.39. The maximum Gasteiger partial charge on any atom is 0.407 e. The van der Waals surface area contributed by atoms with Gasteiger partial charge in [0.1, 0.15) is 5.60 Å². The van der Waals surface area contributed by atoms with Crippen molar-refractivity contribution >= 4 is 27.7 Å². The molecule has 1 aromatic carbocycles. The first-order valence-electron chi connectivity index (χ1n) is 5.84. The summed E-state index contributed by atoms with van der Waals surface area (Å²) in [6.07, 6.45) is -0.392. The fourth-order valence-corrected chi connectivity index (χ4v) is 1.71. The Morgan fingerprint density at radius 2 is 1.94 bits per heavy atom. The Hall–Kier alpha value is -1.23. The molecule has 0 unspecified atom stereocenters. The highest BCUT2D eigenvalue weighted by atomic mass is 79.9. The number of ether oxygens (including phenoxy) is 1. The van der Waals surface area contributed by atoms with Crippen LogP contribution in [-0.4, -0.2) is 24.8 Å². The van der Waals surface area contributed by atoms with Gasteiger partial charge in [0, 0.05) is 23.2 Å². The van der Waals surface area contributed by atoms with Gasteiger partial charge >= 0.3 is 6.09 Å². The molecule has 0 radical (unpaired) electrons. The van der Waals surface area contributed by atoms with Crippen LogP contribution in [-0.2, 0) is 4.74 Å². The highest BCUT2D eigenvalue weighted by Crippen LogP contribution is 2.20. The van der Waals surface area contributed by atoms with E-state index in [4.69, 9.17) is 4.74 Å². The molecule has 0 saturated carbocycles. The lowest BCUT2D eigenvalue weighted by atomic mass is 10.2. The molecule has 100 valence electrons. The molecule has 4 nitrogen and oxygen atoms in total. The maximum absolute atomic E-state index is 11.4. The monoisotopic (exact) mass is 314 g/mol. The van der Waals surface area contributed by atoms with Crippen molar-refractivity contribution in [3.63, 3.8) is 0 Å². The van der Waals surface area contributed by atoms with Crippen molar-refractivity contribution in [2.75, 3.05) is 18.4 Å². The number of halogens is 1. The van der Waals surface area contributed by atoms with Crippen LogP contribution in [0.1, 0.15) is 20.8 Å². The lowest BCUT2D eigenvalue weighted by molar-refractivity contribution is 0.0530. The summed E-state index contributed by atoms with van der Waals surface area (Å²) in [5.74, 6) is 0. The third-order valence-corrected chi connectivity index (χ3v) is 2.67. The molecule has 0 aromatic heterocycles. The largest absolute Gasteiger partial charge is 0.444 e. The van der Waals surface area contributed by atoms with Gasteiger partial charge in [-0.05, 0) is 48.8 Å². The number of para-hydroxylation sites is 1. The van der Waals surface area contributed by atoms with E-state index in [-0.39, 0.29) is 0 Å². The number of carbonyl (C=O) groups is 1. The Morgan fingerprint density at radius 3 is 2.56 bits per heavy atom. The minimum absolute atomic E-state index is 0.392. The second kappa shape index (κ2) is 6.64. The molecule has 1 amide bonds. The Balaban J connectivity index is 2.23. The Bertz CT molecular complexity index is 402. The normalized spacial score (nSPS) is 10.9. The number of hydrogen-bond donors (Lipinski definition) is 2. The first-order chi connectivity index (χ1) is 8.38. The molecule has 0 heterocycles. The molecular weight excluding hydrogens is 296 g/mol. The van der Waals surface area contributed by atoms with Gasteiger partial charge in [-0.1, -0.05) is 12.1 Å². The summed E-state index contributed by atoms with van der Waals surface area (Å²) in [7, 11) is 0. The molecular formula is C13H19BrN2O2. The second-order valence-corrected chi connectivity index (χ2v) is 5.69. The zero-order valence-corrected chi connectivity index (χ0v) is 12.5. The molecule has 0 bridgehead atoms. The summed E-state index contributed by atoms with van der Waals surface area (Å²) >= 11 is 3.44. The van der Waals surface area contributed by atoms with E-state index in [1.807, 2.05) is 45.0 Å². The van der Waals surface area contributed by atoms with Crippen molar-refractivity contribution in [2.24, 2.45) is 0 Å². The van der Waals surface area contributed by atoms with E-state index in [9.17, 15) is 4.79 Å². The van der Waals surface area contributed by atoms with E-state index in [0.29, 0.717) is 13.1 Å². The number of benzene rings is 1. The van der Waals surface area contributed by atoms with Crippen LogP contribution in [0.2, 0.25) is 0 Å². The molecule has 0 saturated heterocycles. The number of nitrogens with one attached hydrogen (secondary N) is 2. The van der Waals surface area contributed by atoms with Crippen molar-refractivity contribution in [3.8, 4) is 0 Å². The van der Waals surface area contributed by atoms with Gasteiger partial charge in [-0.25, -0.2) is 4.79 Å². The van der Waals surface area contributed by atoms with Gasteiger partial charge in [-0.3, -0.25) is 0 Å². The number of amides is 1. The summed E-state index contributed by atoms with van der Waals surface area (Å²) in [6, 6.07) is 7.84. The van der Waals surface area contributed by atoms with Crippen molar-refractivity contribution in [3.05, 3.63) is 28.7 Å². The van der Waals surface area contributed by atoms with Crippen molar-refractivity contribution in [1.82, 2.24) is 5.32 Å². The van der Waals surface area contributed by atoms with Crippen LogP contribution in [0.15, 0.2) is 28.7 Å². The molecule has 5 heteroatoms. The molecule has 0 atom stereocenters. The predicted molar refractivity (Wildman–Crippen MR) is 76.9 cm³/mol. The average Bonchev–Trinajstić information content (AvgIpc) is 2.24. The second-order valence-electron chi connectivity index (χ2n) is 4.84. The van der Waals surface area contributed by atoms with Crippen molar-refractivity contribution < 1.29 is 9.53 Å². The third kappa shape index (κ3) is 5.91. The Kier molecular flexibility index (Phi) is 5.47. The van der Waals surface area contributed by atoms with Crippen LogP contribution < -0.4 is 10.6 Å². The van der Waals surface area contributed by atoms with Crippen LogP contribution in [0.3, 0.4) is 0 Å². The molecule has 0 aliphatic heterocycles. The van der Waals surface area contributed by atoms with E-state index in [0.717, 1.165) is 10.2 Å². The smallest absolute Gasteiger partial charge is 0.407 e. The minimum atomic E-state index is -0.458. The van der Waals surface area contributed by atoms with Gasteiger partial charge in [-0.15, -0.1) is 0 Å². The quantitative estimate of drug-likeness (QED) is 0.838. The Morgan fingerprint density at radius 1 is 1.28 bits per heavy atom. The summed E-state index contributed by atoms with van der Waals surface area (Å²) in [5, 5.41) is 5.90. The van der Waals surface area contributed by atoms with Crippen molar-refractivity contribution in [2.45, 2.75) is 26.4 Å². The van der Waals surface area contributed by atoms with Crippen LogP contribution in [0, 0.1) is 0 Å². The lowest BCUT2D eigenvalue weighted by Gasteiger charge is -2.19. The minimum Gasteiger partial charge on any atom is -0.444 e. The zero-order valence-electron chi connectivity index (χ0n) is 10.9. The van der Waals surface area contributed by atoms with Crippen LogP contribution in [0.4, 0.5) is 10.5 Å². The van der Waals surface area contributed by atoms with Crippen LogP contribution in [0.5, 0.6) is 0 Å². The highest BCUT2D eigenvalue weighted by Gasteiger charge is 2.15. The molecule has 0 aliphatic rings. The number of alkyl carbamates (subject to hydrolysis) is 1. The summed E-state index contributed by atoms with van der Waals surface area (Å²) < 4.78 is 6.13. The van der Waals surface area contributed by atoms with Gasteiger partial charge in [0.05, 0.1) is 0 Å². The molecule has 1 rings (SSSR count). The zero-order chi connectivity index (χ0) is 13.6. The SMILES string of the molecule is CC(C)(C)OC(=O)NCCNc1ccccc1Br. The highest BCUT2D eigenvalue weighted by molar-refractivity contribution is 9.10. The van der Waals surface area contributed by atoms with Gasteiger partial charge < -0.3 is 15.4 Å². The molecule has 0 aliphatic carbocycles. The number of carbonyl (C=O) groups excluding carboxylic acids is 1. The number of rotatable bonds is 4. The standard InChI is InChI=1S/C13H19BrN2O2/c1-13(2,3)18-12(17)16-9-8-15-11-7-5-4-6-10(11)14/h4-7,15H,8-9H2,1-3H3,(H,16,17). The molecule has 1 aromatic rings. The number of hydrogen-bond acceptors (Lipinski definition) is 3. The van der Waals surface area contributed by atoms with Gasteiger partial charge in [0.15, 0.2) is 0 Å². The fourth-order valence-electron chi connectivity index (χ4n) is 1.28. The van der Waals surface area contributed by atoms with E-state index in [1.54, 1.807) is 0 Å². The average molecular weight is 315 g/mol. The first-order valence-corrected chi connectivity index (χ1v) is 6.63. The maximum atomic E-state index is 11.4. The topological polar surface area (TPSA) is 50.4 Å². The molecule has 2 N–H and O–H groups in total. The van der Waals surface area contributed by atoms with Crippen LogP contribution >= 0.6 is 15.9 Å². The van der Waals surface area contributed by atoms with E-state index < -0.39 is 11.7 Å². The summed E-state index contributed by atoms with van der Waals surface area (Å²) in [4.78, 5) is 11.4. The third-order valence-electron chi connectivity index (χ3n) is 1.98. The lowest BCUT2D eigenvalue weighted by Crippen LogP contribution is -2.35. The summed E-state index contributed by atoms with van der Waals surface area (Å²) in [6.45, 7) is 6.67.